The third-order valence-electron chi connectivity index (χ3n) is 5.34. The zero-order valence-electron chi connectivity index (χ0n) is 15.4. The van der Waals surface area contributed by atoms with Crippen LogP contribution in [0.5, 0.6) is 0 Å². The molecule has 0 spiro atoms. The normalized spacial score (nSPS) is 18.3. The molecule has 6 nitrogen and oxygen atoms in total. The number of benzene rings is 1. The minimum atomic E-state index is -0.632. The summed E-state index contributed by atoms with van der Waals surface area (Å²) in [4.78, 5) is 28.2. The molecule has 7 heteroatoms. The smallest absolute Gasteiger partial charge is 0.276 e. The largest absolute Gasteiger partial charge is 0.351 e. The van der Waals surface area contributed by atoms with Gasteiger partial charge < -0.3 is 10.2 Å². The molecule has 1 aromatic carbocycles. The first-order chi connectivity index (χ1) is 13.1. The Hall–Kier alpha value is -2.28. The first kappa shape index (κ1) is 18.1. The van der Waals surface area contributed by atoms with Crippen LogP contribution in [0.15, 0.2) is 29.6 Å². The zero-order chi connectivity index (χ0) is 18.8. The Labute approximate surface area is 163 Å². The van der Waals surface area contributed by atoms with Gasteiger partial charge in [-0.3, -0.25) is 9.59 Å². The zero-order valence-corrected chi connectivity index (χ0v) is 16.2. The molecule has 0 aliphatic heterocycles. The second-order valence-electron chi connectivity index (χ2n) is 7.54. The van der Waals surface area contributed by atoms with Crippen LogP contribution in [0, 0.1) is 6.92 Å². The molecule has 2 saturated carbocycles. The fraction of sp³-hybridized carbons (Fsp3) is 0.500. The molecule has 2 aromatic rings. The maximum absolute atomic E-state index is 13.3. The van der Waals surface area contributed by atoms with Crippen LogP contribution < -0.4 is 5.32 Å². The maximum Gasteiger partial charge on any atom is 0.276 e. The predicted molar refractivity (Wildman–Crippen MR) is 103 cm³/mol. The number of hydrogen-bond donors (Lipinski definition) is 1. The Bertz CT molecular complexity index is 813. The molecule has 2 fully saturated rings. The second kappa shape index (κ2) is 7.76. The van der Waals surface area contributed by atoms with E-state index in [4.69, 9.17) is 0 Å². The van der Waals surface area contributed by atoms with E-state index in [1.54, 1.807) is 10.3 Å². The summed E-state index contributed by atoms with van der Waals surface area (Å²) in [6, 6.07) is 7.55. The van der Waals surface area contributed by atoms with Gasteiger partial charge in [-0.25, -0.2) is 0 Å². The Morgan fingerprint density at radius 2 is 2.00 bits per heavy atom. The van der Waals surface area contributed by atoms with Crippen LogP contribution in [0.2, 0.25) is 0 Å². The van der Waals surface area contributed by atoms with Gasteiger partial charge in [-0.05, 0) is 49.7 Å². The number of nitrogens with zero attached hydrogens (tertiary/aromatic N) is 3. The SMILES string of the molecule is Cc1cccc([C@@H](C(=O)NC2CCCC2)N(C(=O)c2csnn2)C2CC2)c1. The molecule has 4 rings (SSSR count). The van der Waals surface area contributed by atoms with Gasteiger partial charge in [0.05, 0.1) is 0 Å². The highest BCUT2D eigenvalue weighted by atomic mass is 32.1. The van der Waals surface area contributed by atoms with Crippen LogP contribution in [0.4, 0.5) is 0 Å². The number of amides is 2. The maximum atomic E-state index is 13.3. The average molecular weight is 385 g/mol. The van der Waals surface area contributed by atoms with Crippen LogP contribution in [0.1, 0.15) is 66.2 Å². The molecule has 1 atom stereocenters. The van der Waals surface area contributed by atoms with E-state index < -0.39 is 6.04 Å². The minimum Gasteiger partial charge on any atom is -0.351 e. The predicted octanol–water partition coefficient (Wildman–Crippen LogP) is 3.25. The summed E-state index contributed by atoms with van der Waals surface area (Å²) < 4.78 is 3.82. The molecular formula is C20H24N4O2S. The van der Waals surface area contributed by atoms with Crippen molar-refractivity contribution in [2.24, 2.45) is 0 Å². The molecule has 0 unspecified atom stereocenters. The highest BCUT2D eigenvalue weighted by Crippen LogP contribution is 2.36. The van der Waals surface area contributed by atoms with E-state index in [2.05, 4.69) is 14.9 Å². The fourth-order valence-corrected chi connectivity index (χ4v) is 4.30. The Morgan fingerprint density at radius 1 is 1.22 bits per heavy atom. The van der Waals surface area contributed by atoms with Crippen molar-refractivity contribution in [2.45, 2.75) is 63.6 Å². The summed E-state index contributed by atoms with van der Waals surface area (Å²) in [6.45, 7) is 2.00. The summed E-state index contributed by atoms with van der Waals surface area (Å²) in [7, 11) is 0. The van der Waals surface area contributed by atoms with Crippen molar-refractivity contribution in [1.82, 2.24) is 19.8 Å². The van der Waals surface area contributed by atoms with Crippen LogP contribution in [0.3, 0.4) is 0 Å². The topological polar surface area (TPSA) is 75.2 Å². The molecule has 27 heavy (non-hydrogen) atoms. The van der Waals surface area contributed by atoms with Crippen molar-refractivity contribution in [2.75, 3.05) is 0 Å². The summed E-state index contributed by atoms with van der Waals surface area (Å²) >= 11 is 1.15. The molecule has 0 saturated heterocycles. The van der Waals surface area contributed by atoms with Crippen molar-refractivity contribution in [3.8, 4) is 0 Å². The average Bonchev–Trinajstić information content (AvgIpc) is 3.10. The number of hydrogen-bond acceptors (Lipinski definition) is 5. The molecule has 2 amide bonds. The van der Waals surface area contributed by atoms with E-state index in [-0.39, 0.29) is 23.9 Å². The van der Waals surface area contributed by atoms with Gasteiger partial charge in [0.2, 0.25) is 5.91 Å². The lowest BCUT2D eigenvalue weighted by atomic mass is 10.0. The molecule has 0 bridgehead atoms. The van der Waals surface area contributed by atoms with Crippen LogP contribution >= 0.6 is 11.5 Å². The molecule has 2 aliphatic rings. The van der Waals surface area contributed by atoms with Gasteiger partial charge in [0.15, 0.2) is 5.69 Å². The van der Waals surface area contributed by atoms with Gasteiger partial charge in [-0.1, -0.05) is 47.2 Å². The van der Waals surface area contributed by atoms with Crippen molar-refractivity contribution in [3.05, 3.63) is 46.5 Å². The van der Waals surface area contributed by atoms with Crippen LogP contribution in [-0.4, -0.2) is 38.4 Å². The van der Waals surface area contributed by atoms with Gasteiger partial charge in [0.25, 0.3) is 5.91 Å². The van der Waals surface area contributed by atoms with E-state index in [0.717, 1.165) is 61.2 Å². The van der Waals surface area contributed by atoms with Gasteiger partial charge in [0, 0.05) is 17.5 Å². The molecule has 142 valence electrons. The molecule has 2 aliphatic carbocycles. The highest BCUT2D eigenvalue weighted by molar-refractivity contribution is 7.03. The number of nitrogens with one attached hydrogen (secondary N) is 1. The van der Waals surface area contributed by atoms with Gasteiger partial charge >= 0.3 is 0 Å². The van der Waals surface area contributed by atoms with E-state index in [0.29, 0.717) is 5.69 Å². The number of aryl methyl sites for hydroxylation is 1. The molecule has 1 heterocycles. The fourth-order valence-electron chi connectivity index (χ4n) is 3.87. The van der Waals surface area contributed by atoms with Crippen LogP contribution in [0.25, 0.3) is 0 Å². The van der Waals surface area contributed by atoms with E-state index in [1.165, 1.54) is 0 Å². The quantitative estimate of drug-likeness (QED) is 0.829. The van der Waals surface area contributed by atoms with Gasteiger partial charge in [0.1, 0.15) is 6.04 Å². The summed E-state index contributed by atoms with van der Waals surface area (Å²) in [5, 5.41) is 8.80. The number of carbonyl (C=O) groups is 2. The Kier molecular flexibility index (Phi) is 5.20. The third kappa shape index (κ3) is 4.03. The third-order valence-corrected chi connectivity index (χ3v) is 5.84. The van der Waals surface area contributed by atoms with Crippen molar-refractivity contribution in [1.29, 1.82) is 0 Å². The first-order valence-corrected chi connectivity index (χ1v) is 10.4. The highest BCUT2D eigenvalue weighted by Gasteiger charge is 2.42. The second-order valence-corrected chi connectivity index (χ2v) is 8.15. The van der Waals surface area contributed by atoms with E-state index in [9.17, 15) is 9.59 Å². The number of rotatable bonds is 6. The molecule has 1 N–H and O–H groups in total. The monoisotopic (exact) mass is 384 g/mol. The van der Waals surface area contributed by atoms with Gasteiger partial charge in [-0.2, -0.15) is 0 Å². The molecule has 0 radical (unpaired) electrons. The number of carbonyl (C=O) groups excluding carboxylic acids is 2. The molecular weight excluding hydrogens is 360 g/mol. The lowest BCUT2D eigenvalue weighted by molar-refractivity contribution is -0.126. The van der Waals surface area contributed by atoms with Crippen molar-refractivity contribution in [3.63, 3.8) is 0 Å². The van der Waals surface area contributed by atoms with Crippen LogP contribution in [-0.2, 0) is 4.79 Å². The Morgan fingerprint density at radius 3 is 2.63 bits per heavy atom. The van der Waals surface area contributed by atoms with Crippen molar-refractivity contribution >= 4 is 23.3 Å². The summed E-state index contributed by atoms with van der Waals surface area (Å²) in [6.07, 6.45) is 6.16. The first-order valence-electron chi connectivity index (χ1n) is 9.60. The Balaban J connectivity index is 1.68. The van der Waals surface area contributed by atoms with E-state index in [1.807, 2.05) is 31.2 Å². The van der Waals surface area contributed by atoms with Crippen molar-refractivity contribution < 1.29 is 9.59 Å². The van der Waals surface area contributed by atoms with E-state index >= 15 is 0 Å². The minimum absolute atomic E-state index is 0.0824. The lowest BCUT2D eigenvalue weighted by Crippen LogP contribution is -2.47. The summed E-state index contributed by atoms with van der Waals surface area (Å²) in [5.41, 5.74) is 2.25. The van der Waals surface area contributed by atoms with Gasteiger partial charge in [-0.15, -0.1) is 5.10 Å². The standard InChI is InChI=1S/C20H24N4O2S/c1-13-5-4-6-14(11-13)18(19(25)21-15-7-2-3-8-15)24(16-9-10-16)20(26)17-12-27-23-22-17/h4-6,11-12,15-16,18H,2-3,7-10H2,1H3,(H,21,25)/t18-/m0/s1. The summed E-state index contributed by atoms with van der Waals surface area (Å²) in [5.74, 6) is -0.296. The number of aromatic nitrogens is 2. The molecule has 1 aromatic heterocycles. The lowest BCUT2D eigenvalue weighted by Gasteiger charge is -2.32.